The standard InChI is InChI=1S/C16H15F3N2O/c1-2-3-4-8-13-14(10-21-15(13)20)11-6-5-7-12(9-11)22-16(17,18)19/h2-3,5-10H,4H2,1H3,(H2,20,21)/b3-2-,13-8+. The van der Waals surface area contributed by atoms with Crippen LogP contribution in [0.5, 0.6) is 5.75 Å². The molecule has 0 amide bonds. The minimum Gasteiger partial charge on any atom is -0.406 e. The molecule has 0 unspecified atom stereocenters. The molecule has 0 saturated carbocycles. The van der Waals surface area contributed by atoms with Crippen LogP contribution in [0.3, 0.4) is 0 Å². The Bertz CT molecular complexity index is 670. The third kappa shape index (κ3) is 4.00. The summed E-state index contributed by atoms with van der Waals surface area (Å²) in [6, 6.07) is 5.75. The van der Waals surface area contributed by atoms with Crippen molar-refractivity contribution in [3.8, 4) is 5.75 Å². The Labute approximate surface area is 126 Å². The number of nitrogens with two attached hydrogens (primary N) is 1. The number of amidine groups is 1. The molecule has 0 bridgehead atoms. The second kappa shape index (κ2) is 6.51. The molecule has 0 fully saturated rings. The summed E-state index contributed by atoms with van der Waals surface area (Å²) in [5, 5.41) is 0. The van der Waals surface area contributed by atoms with Gasteiger partial charge in [-0.1, -0.05) is 30.4 Å². The summed E-state index contributed by atoms with van der Waals surface area (Å²) in [6.45, 7) is 1.90. The maximum absolute atomic E-state index is 12.3. The largest absolute Gasteiger partial charge is 0.573 e. The lowest BCUT2D eigenvalue weighted by molar-refractivity contribution is -0.274. The van der Waals surface area contributed by atoms with E-state index in [9.17, 15) is 13.2 Å². The van der Waals surface area contributed by atoms with Crippen LogP contribution in [0, 0.1) is 0 Å². The van der Waals surface area contributed by atoms with Crippen LogP contribution in [-0.2, 0) is 0 Å². The molecule has 0 aliphatic carbocycles. The predicted octanol–water partition coefficient (Wildman–Crippen LogP) is 4.19. The van der Waals surface area contributed by atoms with Crippen molar-refractivity contribution in [2.45, 2.75) is 19.7 Å². The topological polar surface area (TPSA) is 47.6 Å². The Hall–Kier alpha value is -2.50. The summed E-state index contributed by atoms with van der Waals surface area (Å²) in [5.74, 6) is 0.0748. The van der Waals surface area contributed by atoms with Crippen molar-refractivity contribution in [2.24, 2.45) is 10.7 Å². The van der Waals surface area contributed by atoms with Gasteiger partial charge in [0.15, 0.2) is 0 Å². The van der Waals surface area contributed by atoms with Crippen molar-refractivity contribution in [1.29, 1.82) is 0 Å². The van der Waals surface area contributed by atoms with Crippen LogP contribution in [0.2, 0.25) is 0 Å². The highest BCUT2D eigenvalue weighted by atomic mass is 19.4. The molecule has 0 aromatic heterocycles. The molecule has 1 aliphatic rings. The highest BCUT2D eigenvalue weighted by Gasteiger charge is 2.31. The van der Waals surface area contributed by atoms with Gasteiger partial charge in [-0.05, 0) is 31.0 Å². The van der Waals surface area contributed by atoms with E-state index in [4.69, 9.17) is 5.73 Å². The molecular formula is C16H15F3N2O. The maximum atomic E-state index is 12.3. The van der Waals surface area contributed by atoms with Gasteiger partial charge in [-0.25, -0.2) is 4.99 Å². The molecule has 3 nitrogen and oxygen atoms in total. The van der Waals surface area contributed by atoms with E-state index in [-0.39, 0.29) is 5.75 Å². The van der Waals surface area contributed by atoms with E-state index in [0.717, 1.165) is 0 Å². The van der Waals surface area contributed by atoms with E-state index in [1.165, 1.54) is 18.2 Å². The quantitative estimate of drug-likeness (QED) is 0.848. The molecule has 116 valence electrons. The first kappa shape index (κ1) is 15.9. The first-order chi connectivity index (χ1) is 10.4. The van der Waals surface area contributed by atoms with Crippen molar-refractivity contribution >= 4 is 11.4 Å². The van der Waals surface area contributed by atoms with E-state index in [1.54, 1.807) is 12.3 Å². The Balaban J connectivity index is 2.28. The molecule has 2 N–H and O–H groups in total. The Morgan fingerprint density at radius 2 is 2.09 bits per heavy atom. The number of hydrogen-bond acceptors (Lipinski definition) is 3. The maximum Gasteiger partial charge on any atom is 0.573 e. The van der Waals surface area contributed by atoms with E-state index in [0.29, 0.717) is 29.0 Å². The van der Waals surface area contributed by atoms with Gasteiger partial charge in [0.2, 0.25) is 0 Å². The highest BCUT2D eigenvalue weighted by molar-refractivity contribution is 6.14. The first-order valence-electron chi connectivity index (χ1n) is 6.62. The molecule has 1 aromatic rings. The molecule has 1 aliphatic heterocycles. The number of rotatable bonds is 4. The summed E-state index contributed by atoms with van der Waals surface area (Å²) >= 11 is 0. The van der Waals surface area contributed by atoms with Crippen LogP contribution < -0.4 is 10.5 Å². The molecule has 0 spiro atoms. The highest BCUT2D eigenvalue weighted by Crippen LogP contribution is 2.31. The van der Waals surface area contributed by atoms with E-state index >= 15 is 0 Å². The van der Waals surface area contributed by atoms with Gasteiger partial charge >= 0.3 is 6.36 Å². The summed E-state index contributed by atoms with van der Waals surface area (Å²) < 4.78 is 40.8. The fourth-order valence-corrected chi connectivity index (χ4v) is 2.04. The normalized spacial score (nSPS) is 17.0. The molecule has 0 saturated heterocycles. The molecule has 0 radical (unpaired) electrons. The lowest BCUT2D eigenvalue weighted by atomic mass is 9.98. The van der Waals surface area contributed by atoms with Crippen molar-refractivity contribution in [1.82, 2.24) is 0 Å². The number of ether oxygens (including phenoxy) is 1. The summed E-state index contributed by atoms with van der Waals surface area (Å²) in [5.41, 5.74) is 7.78. The summed E-state index contributed by atoms with van der Waals surface area (Å²) in [7, 11) is 0. The van der Waals surface area contributed by atoms with Crippen molar-refractivity contribution in [2.75, 3.05) is 0 Å². The molecule has 1 heterocycles. The molecule has 6 heteroatoms. The SMILES string of the molecule is C/C=C\C/C=C1\C(c2cccc(OC(F)(F)F)c2)=CN=C1N. The van der Waals surface area contributed by atoms with Crippen LogP contribution in [0.4, 0.5) is 13.2 Å². The van der Waals surface area contributed by atoms with Crippen molar-refractivity contribution in [3.63, 3.8) is 0 Å². The van der Waals surface area contributed by atoms with Crippen LogP contribution in [0.1, 0.15) is 18.9 Å². The fourth-order valence-electron chi connectivity index (χ4n) is 2.04. The van der Waals surface area contributed by atoms with E-state index in [1.807, 2.05) is 25.2 Å². The zero-order valence-corrected chi connectivity index (χ0v) is 11.9. The lowest BCUT2D eigenvalue weighted by Gasteiger charge is -2.11. The average Bonchev–Trinajstić information content (AvgIpc) is 2.79. The van der Waals surface area contributed by atoms with Gasteiger partial charge in [-0.2, -0.15) is 0 Å². The van der Waals surface area contributed by atoms with Gasteiger partial charge in [0.1, 0.15) is 11.6 Å². The minimum absolute atomic E-state index is 0.274. The number of hydrogen-bond donors (Lipinski definition) is 1. The number of aliphatic imine (C=N–C) groups is 1. The number of allylic oxidation sites excluding steroid dienone is 3. The smallest absolute Gasteiger partial charge is 0.406 e. The molecule has 1 aromatic carbocycles. The number of alkyl halides is 3. The zero-order valence-electron chi connectivity index (χ0n) is 11.9. The van der Waals surface area contributed by atoms with Crippen LogP contribution in [-0.4, -0.2) is 12.2 Å². The van der Waals surface area contributed by atoms with Crippen molar-refractivity contribution < 1.29 is 17.9 Å². The summed E-state index contributed by atoms with van der Waals surface area (Å²) in [6.07, 6.45) is 3.22. The first-order valence-corrected chi connectivity index (χ1v) is 6.62. The summed E-state index contributed by atoms with van der Waals surface area (Å²) in [4.78, 5) is 4.04. The Morgan fingerprint density at radius 1 is 1.32 bits per heavy atom. The fraction of sp³-hybridized carbons (Fsp3) is 0.188. The van der Waals surface area contributed by atoms with Crippen LogP contribution in [0.25, 0.3) is 5.57 Å². The number of halogens is 3. The second-order valence-corrected chi connectivity index (χ2v) is 4.56. The van der Waals surface area contributed by atoms with Gasteiger partial charge in [0, 0.05) is 17.3 Å². The van der Waals surface area contributed by atoms with Gasteiger partial charge in [-0.15, -0.1) is 13.2 Å². The van der Waals surface area contributed by atoms with Gasteiger partial charge in [0.25, 0.3) is 0 Å². The number of benzene rings is 1. The lowest BCUT2D eigenvalue weighted by Crippen LogP contribution is -2.17. The molecule has 22 heavy (non-hydrogen) atoms. The average molecular weight is 308 g/mol. The second-order valence-electron chi connectivity index (χ2n) is 4.56. The Morgan fingerprint density at radius 3 is 2.77 bits per heavy atom. The molecule has 2 rings (SSSR count). The predicted molar refractivity (Wildman–Crippen MR) is 80.2 cm³/mol. The van der Waals surface area contributed by atoms with Gasteiger partial charge in [0.05, 0.1) is 0 Å². The minimum atomic E-state index is -4.72. The van der Waals surface area contributed by atoms with Crippen LogP contribution in [0.15, 0.2) is 59.3 Å². The zero-order chi connectivity index (χ0) is 16.2. The number of nitrogens with zero attached hydrogens (tertiary/aromatic N) is 1. The molecule has 0 atom stereocenters. The third-order valence-electron chi connectivity index (χ3n) is 2.97. The third-order valence-corrected chi connectivity index (χ3v) is 2.97. The van der Waals surface area contributed by atoms with Gasteiger partial charge in [-0.3, -0.25) is 0 Å². The molecular weight excluding hydrogens is 293 g/mol. The van der Waals surface area contributed by atoms with Gasteiger partial charge < -0.3 is 10.5 Å². The van der Waals surface area contributed by atoms with E-state index in [2.05, 4.69) is 9.73 Å². The van der Waals surface area contributed by atoms with E-state index < -0.39 is 6.36 Å². The Kier molecular flexibility index (Phi) is 4.70. The van der Waals surface area contributed by atoms with Crippen LogP contribution >= 0.6 is 0 Å². The monoisotopic (exact) mass is 308 g/mol. The van der Waals surface area contributed by atoms with Crippen molar-refractivity contribution in [3.05, 3.63) is 59.8 Å².